The van der Waals surface area contributed by atoms with Gasteiger partial charge >= 0.3 is 6.01 Å². The Balaban J connectivity index is 2.35. The number of aromatic nitrogens is 3. The molecule has 1 N–H and O–H groups in total. The lowest BCUT2D eigenvalue weighted by atomic mass is 10.1. The van der Waals surface area contributed by atoms with Crippen molar-refractivity contribution >= 4 is 5.95 Å². The fourth-order valence-electron chi connectivity index (χ4n) is 2.05. The van der Waals surface area contributed by atoms with Crippen molar-refractivity contribution < 1.29 is 4.74 Å². The second-order valence-electron chi connectivity index (χ2n) is 4.85. The van der Waals surface area contributed by atoms with E-state index in [4.69, 9.17) is 4.74 Å². The number of anilines is 1. The molecular formula is C16H22N4O. The van der Waals surface area contributed by atoms with E-state index in [-0.39, 0.29) is 0 Å². The molecule has 2 aromatic rings. The smallest absolute Gasteiger partial charge is 0.321 e. The molecule has 0 unspecified atom stereocenters. The molecule has 2 rings (SSSR count). The van der Waals surface area contributed by atoms with Crippen LogP contribution in [0.25, 0.3) is 11.4 Å². The summed E-state index contributed by atoms with van der Waals surface area (Å²) in [5, 5.41) is 3.18. The second kappa shape index (κ2) is 7.57. The van der Waals surface area contributed by atoms with Crippen molar-refractivity contribution in [1.82, 2.24) is 15.0 Å². The summed E-state index contributed by atoms with van der Waals surface area (Å²) in [5.41, 5.74) is 2.28. The van der Waals surface area contributed by atoms with Gasteiger partial charge in [0.1, 0.15) is 0 Å². The molecule has 21 heavy (non-hydrogen) atoms. The third-order valence-corrected chi connectivity index (χ3v) is 3.05. The van der Waals surface area contributed by atoms with Gasteiger partial charge in [0.25, 0.3) is 0 Å². The fourth-order valence-corrected chi connectivity index (χ4v) is 2.05. The van der Waals surface area contributed by atoms with Crippen molar-refractivity contribution in [2.75, 3.05) is 19.0 Å². The monoisotopic (exact) mass is 286 g/mol. The number of methoxy groups -OCH3 is 1. The van der Waals surface area contributed by atoms with E-state index in [2.05, 4.69) is 46.2 Å². The minimum Gasteiger partial charge on any atom is -0.467 e. The molecule has 0 aliphatic rings. The third-order valence-electron chi connectivity index (χ3n) is 3.05. The summed E-state index contributed by atoms with van der Waals surface area (Å²) in [5.74, 6) is 1.19. The summed E-state index contributed by atoms with van der Waals surface area (Å²) in [4.78, 5) is 13.0. The maximum absolute atomic E-state index is 5.17. The van der Waals surface area contributed by atoms with Crippen molar-refractivity contribution in [3.8, 4) is 17.4 Å². The van der Waals surface area contributed by atoms with Gasteiger partial charge in [-0.3, -0.25) is 0 Å². The van der Waals surface area contributed by atoms with Crippen LogP contribution in [-0.2, 0) is 6.42 Å². The topological polar surface area (TPSA) is 59.9 Å². The molecule has 1 aromatic heterocycles. The van der Waals surface area contributed by atoms with Crippen LogP contribution in [0.5, 0.6) is 6.01 Å². The Morgan fingerprint density at radius 2 is 1.95 bits per heavy atom. The maximum atomic E-state index is 5.17. The lowest BCUT2D eigenvalue weighted by Crippen LogP contribution is -2.07. The fraction of sp³-hybridized carbons (Fsp3) is 0.438. The van der Waals surface area contributed by atoms with Crippen molar-refractivity contribution in [2.45, 2.75) is 33.1 Å². The van der Waals surface area contributed by atoms with Gasteiger partial charge < -0.3 is 10.1 Å². The van der Waals surface area contributed by atoms with E-state index in [1.807, 2.05) is 12.1 Å². The van der Waals surface area contributed by atoms with E-state index in [0.717, 1.165) is 31.4 Å². The maximum Gasteiger partial charge on any atom is 0.321 e. The Bertz CT molecular complexity index is 586. The van der Waals surface area contributed by atoms with E-state index < -0.39 is 0 Å². The molecule has 1 aromatic carbocycles. The van der Waals surface area contributed by atoms with Crippen LogP contribution in [0.15, 0.2) is 24.3 Å². The van der Waals surface area contributed by atoms with Crippen LogP contribution in [-0.4, -0.2) is 28.6 Å². The van der Waals surface area contributed by atoms with Crippen molar-refractivity contribution in [3.63, 3.8) is 0 Å². The summed E-state index contributed by atoms with van der Waals surface area (Å²) < 4.78 is 5.17. The van der Waals surface area contributed by atoms with Gasteiger partial charge in [0, 0.05) is 12.1 Å². The standard InChI is InChI=1S/C16H22N4O/c1-4-7-12-8-6-9-13(11-12)14-18-15(17-10-5-2)20-16(19-14)21-3/h6,8-9,11H,4-5,7,10H2,1-3H3,(H,17,18,19,20). The Kier molecular flexibility index (Phi) is 5.49. The molecule has 0 aliphatic heterocycles. The Labute approximate surface area is 125 Å². The molecule has 112 valence electrons. The first-order valence-electron chi connectivity index (χ1n) is 7.40. The Morgan fingerprint density at radius 3 is 2.67 bits per heavy atom. The van der Waals surface area contributed by atoms with Crippen LogP contribution in [0.2, 0.25) is 0 Å². The SMILES string of the molecule is CCCNc1nc(OC)nc(-c2cccc(CCC)c2)n1. The van der Waals surface area contributed by atoms with Gasteiger partial charge in [0.05, 0.1) is 7.11 Å². The zero-order chi connectivity index (χ0) is 15.1. The molecule has 0 saturated heterocycles. The quantitative estimate of drug-likeness (QED) is 0.846. The predicted octanol–water partition coefficient (Wildman–Crippen LogP) is 3.32. The number of benzene rings is 1. The lowest BCUT2D eigenvalue weighted by molar-refractivity contribution is 0.379. The number of ether oxygens (including phenoxy) is 1. The lowest BCUT2D eigenvalue weighted by Gasteiger charge is -2.08. The minimum absolute atomic E-state index is 0.333. The molecule has 0 amide bonds. The third kappa shape index (κ3) is 4.15. The highest BCUT2D eigenvalue weighted by Gasteiger charge is 2.09. The molecule has 0 radical (unpaired) electrons. The first-order valence-corrected chi connectivity index (χ1v) is 7.40. The van der Waals surface area contributed by atoms with Crippen molar-refractivity contribution in [3.05, 3.63) is 29.8 Å². The van der Waals surface area contributed by atoms with E-state index in [1.54, 1.807) is 7.11 Å². The molecule has 0 aliphatic carbocycles. The first kappa shape index (κ1) is 15.2. The largest absolute Gasteiger partial charge is 0.467 e. The number of nitrogens with zero attached hydrogens (tertiary/aromatic N) is 3. The summed E-state index contributed by atoms with van der Waals surface area (Å²) >= 11 is 0. The second-order valence-corrected chi connectivity index (χ2v) is 4.85. The number of aryl methyl sites for hydroxylation is 1. The van der Waals surface area contributed by atoms with Crippen LogP contribution in [0, 0.1) is 0 Å². The molecule has 0 spiro atoms. The number of hydrogen-bond acceptors (Lipinski definition) is 5. The molecule has 0 atom stereocenters. The molecule has 0 fully saturated rings. The summed E-state index contributed by atoms with van der Waals surface area (Å²) in [6.07, 6.45) is 3.18. The molecule has 1 heterocycles. The summed E-state index contributed by atoms with van der Waals surface area (Å²) in [6.45, 7) is 5.09. The zero-order valence-corrected chi connectivity index (χ0v) is 12.9. The van der Waals surface area contributed by atoms with Crippen LogP contribution < -0.4 is 10.1 Å². The van der Waals surface area contributed by atoms with Gasteiger partial charge in [-0.15, -0.1) is 0 Å². The van der Waals surface area contributed by atoms with E-state index >= 15 is 0 Å². The van der Waals surface area contributed by atoms with Gasteiger partial charge in [0.2, 0.25) is 5.95 Å². The molecule has 5 nitrogen and oxygen atoms in total. The summed E-state index contributed by atoms with van der Waals surface area (Å²) in [7, 11) is 1.57. The normalized spacial score (nSPS) is 10.4. The molecular weight excluding hydrogens is 264 g/mol. The Morgan fingerprint density at radius 1 is 1.10 bits per heavy atom. The van der Waals surface area contributed by atoms with Crippen molar-refractivity contribution in [2.24, 2.45) is 0 Å². The average Bonchev–Trinajstić information content (AvgIpc) is 2.53. The zero-order valence-electron chi connectivity index (χ0n) is 12.9. The predicted molar refractivity (Wildman–Crippen MR) is 84.6 cm³/mol. The van der Waals surface area contributed by atoms with Crippen LogP contribution in [0.1, 0.15) is 32.3 Å². The van der Waals surface area contributed by atoms with Crippen LogP contribution in [0.4, 0.5) is 5.95 Å². The average molecular weight is 286 g/mol. The van der Waals surface area contributed by atoms with Gasteiger partial charge in [-0.05, 0) is 24.5 Å². The molecule has 0 saturated carbocycles. The molecule has 0 bridgehead atoms. The van der Waals surface area contributed by atoms with E-state index in [1.165, 1.54) is 5.56 Å². The van der Waals surface area contributed by atoms with E-state index in [0.29, 0.717) is 17.8 Å². The number of nitrogens with one attached hydrogen (secondary N) is 1. The van der Waals surface area contributed by atoms with Gasteiger partial charge in [-0.25, -0.2) is 0 Å². The minimum atomic E-state index is 0.333. The van der Waals surface area contributed by atoms with Crippen LogP contribution >= 0.6 is 0 Å². The summed E-state index contributed by atoms with van der Waals surface area (Å²) in [6, 6.07) is 8.64. The number of hydrogen-bond donors (Lipinski definition) is 1. The highest BCUT2D eigenvalue weighted by molar-refractivity contribution is 5.57. The highest BCUT2D eigenvalue weighted by Crippen LogP contribution is 2.20. The Hall–Kier alpha value is -2.17. The van der Waals surface area contributed by atoms with Crippen molar-refractivity contribution in [1.29, 1.82) is 0 Å². The first-order chi connectivity index (χ1) is 10.3. The highest BCUT2D eigenvalue weighted by atomic mass is 16.5. The van der Waals surface area contributed by atoms with E-state index in [9.17, 15) is 0 Å². The molecule has 5 heteroatoms. The van der Waals surface area contributed by atoms with Crippen LogP contribution in [0.3, 0.4) is 0 Å². The van der Waals surface area contributed by atoms with Gasteiger partial charge in [0.15, 0.2) is 5.82 Å². The number of rotatable bonds is 7. The van der Waals surface area contributed by atoms with Gasteiger partial charge in [-0.2, -0.15) is 15.0 Å². The van der Waals surface area contributed by atoms with Gasteiger partial charge in [-0.1, -0.05) is 38.5 Å².